The highest BCUT2D eigenvalue weighted by Gasteiger charge is 2.41. The van der Waals surface area contributed by atoms with Gasteiger partial charge in [0.05, 0.1) is 24.4 Å². The minimum absolute atomic E-state index is 0.0498. The summed E-state index contributed by atoms with van der Waals surface area (Å²) in [4.78, 5) is 6.95. The molecule has 1 aliphatic rings. The van der Waals surface area contributed by atoms with Crippen LogP contribution in [0.5, 0.6) is 0 Å². The van der Waals surface area contributed by atoms with Gasteiger partial charge in [-0.3, -0.25) is 4.98 Å². The Hall–Kier alpha value is -1.92. The maximum absolute atomic E-state index is 5.73. The lowest BCUT2D eigenvalue weighted by molar-refractivity contribution is 0.186. The average molecular weight is 387 g/mol. The Morgan fingerprint density at radius 1 is 1.30 bits per heavy atom. The quantitative estimate of drug-likeness (QED) is 0.734. The molecule has 1 aliphatic heterocycles. The lowest BCUT2D eigenvalue weighted by atomic mass is 9.96. The van der Waals surface area contributed by atoms with Gasteiger partial charge in [0.2, 0.25) is 0 Å². The highest BCUT2D eigenvalue weighted by atomic mass is 32.1. The standard InChI is InChI=1S/C21H30N4OS/c1-14(2)13-25-20(17-12-15(3)24(16(17)4)10-11-26-5)19(23-21(25)27)18-8-6-7-9-22-18/h6-9,12,14,19-20H,10-11,13H2,1-5H3,(H,23,27)/t19-,20+/m1/s1. The smallest absolute Gasteiger partial charge is 0.170 e. The monoisotopic (exact) mass is 386 g/mol. The highest BCUT2D eigenvalue weighted by Crippen LogP contribution is 2.41. The zero-order chi connectivity index (χ0) is 19.6. The molecule has 3 heterocycles. The zero-order valence-corrected chi connectivity index (χ0v) is 17.7. The summed E-state index contributed by atoms with van der Waals surface area (Å²) in [5, 5.41) is 4.35. The summed E-state index contributed by atoms with van der Waals surface area (Å²) < 4.78 is 7.63. The van der Waals surface area contributed by atoms with Gasteiger partial charge in [0, 0.05) is 37.8 Å². The van der Waals surface area contributed by atoms with E-state index in [1.165, 1.54) is 17.0 Å². The number of methoxy groups -OCH3 is 1. The van der Waals surface area contributed by atoms with Crippen LogP contribution in [-0.2, 0) is 11.3 Å². The lowest BCUT2D eigenvalue weighted by Gasteiger charge is -2.29. The van der Waals surface area contributed by atoms with Crippen LogP contribution in [-0.4, -0.2) is 39.8 Å². The third-order valence-electron chi connectivity index (χ3n) is 5.21. The van der Waals surface area contributed by atoms with Crippen molar-refractivity contribution in [3.05, 3.63) is 53.1 Å². The minimum Gasteiger partial charge on any atom is -0.383 e. The molecule has 6 heteroatoms. The number of ether oxygens (including phenoxy) is 1. The number of pyridine rings is 1. The summed E-state index contributed by atoms with van der Waals surface area (Å²) in [7, 11) is 1.75. The third-order valence-corrected chi connectivity index (χ3v) is 5.56. The van der Waals surface area contributed by atoms with Crippen LogP contribution < -0.4 is 5.32 Å². The van der Waals surface area contributed by atoms with Gasteiger partial charge in [0.25, 0.3) is 0 Å². The van der Waals surface area contributed by atoms with E-state index in [0.717, 1.165) is 23.9 Å². The van der Waals surface area contributed by atoms with Crippen molar-refractivity contribution in [2.24, 2.45) is 5.92 Å². The van der Waals surface area contributed by atoms with E-state index < -0.39 is 0 Å². The van der Waals surface area contributed by atoms with E-state index >= 15 is 0 Å². The molecule has 2 atom stereocenters. The first-order valence-corrected chi connectivity index (χ1v) is 9.98. The van der Waals surface area contributed by atoms with Crippen LogP contribution in [0.4, 0.5) is 0 Å². The second kappa shape index (κ2) is 8.40. The molecule has 1 N–H and O–H groups in total. The van der Waals surface area contributed by atoms with E-state index in [1.54, 1.807) is 7.11 Å². The minimum atomic E-state index is 0.0498. The Kier molecular flexibility index (Phi) is 6.17. The fourth-order valence-electron chi connectivity index (χ4n) is 3.99. The molecule has 0 bridgehead atoms. The number of hydrogen-bond acceptors (Lipinski definition) is 3. The van der Waals surface area contributed by atoms with Gasteiger partial charge in [-0.15, -0.1) is 0 Å². The Bertz CT molecular complexity index is 787. The largest absolute Gasteiger partial charge is 0.383 e. The SMILES string of the molecule is COCCn1c(C)cc([C@H]2[C@@H](c3ccccn3)NC(=S)N2CC(C)C)c1C. The fourth-order valence-corrected chi connectivity index (χ4v) is 4.30. The zero-order valence-electron chi connectivity index (χ0n) is 16.9. The topological polar surface area (TPSA) is 42.3 Å². The Balaban J connectivity index is 2.05. The van der Waals surface area contributed by atoms with Crippen LogP contribution in [0.1, 0.15) is 48.6 Å². The number of aromatic nitrogens is 2. The molecular weight excluding hydrogens is 356 g/mol. The van der Waals surface area contributed by atoms with E-state index in [4.69, 9.17) is 17.0 Å². The van der Waals surface area contributed by atoms with Gasteiger partial charge >= 0.3 is 0 Å². The van der Waals surface area contributed by atoms with Gasteiger partial charge in [0.1, 0.15) is 0 Å². The molecule has 1 saturated heterocycles. The second-order valence-corrected chi connectivity index (χ2v) is 8.03. The van der Waals surface area contributed by atoms with Crippen molar-refractivity contribution in [2.45, 2.75) is 46.3 Å². The number of nitrogens with zero attached hydrogens (tertiary/aromatic N) is 3. The highest BCUT2D eigenvalue weighted by molar-refractivity contribution is 7.80. The van der Waals surface area contributed by atoms with Crippen LogP contribution in [0.2, 0.25) is 0 Å². The van der Waals surface area contributed by atoms with Crippen LogP contribution in [0.25, 0.3) is 0 Å². The third kappa shape index (κ3) is 4.01. The van der Waals surface area contributed by atoms with Crippen LogP contribution in [0, 0.1) is 19.8 Å². The number of aryl methyl sites for hydroxylation is 1. The van der Waals surface area contributed by atoms with Gasteiger partial charge in [-0.05, 0) is 55.7 Å². The molecule has 3 rings (SSSR count). The molecular formula is C21H30N4OS. The maximum Gasteiger partial charge on any atom is 0.170 e. The molecule has 2 aromatic heterocycles. The van der Waals surface area contributed by atoms with Crippen molar-refractivity contribution in [3.63, 3.8) is 0 Å². The second-order valence-electron chi connectivity index (χ2n) is 7.64. The molecule has 1 fully saturated rings. The van der Waals surface area contributed by atoms with Crippen LogP contribution in [0.15, 0.2) is 30.5 Å². The van der Waals surface area contributed by atoms with E-state index in [1.807, 2.05) is 18.3 Å². The summed E-state index contributed by atoms with van der Waals surface area (Å²) in [5.41, 5.74) is 4.86. The van der Waals surface area contributed by atoms with E-state index in [-0.39, 0.29) is 12.1 Å². The van der Waals surface area contributed by atoms with Crippen LogP contribution >= 0.6 is 12.2 Å². The Labute approximate surface area is 167 Å². The lowest BCUT2D eigenvalue weighted by Crippen LogP contribution is -2.33. The van der Waals surface area contributed by atoms with E-state index in [9.17, 15) is 0 Å². The molecule has 0 radical (unpaired) electrons. The van der Waals surface area contributed by atoms with Gasteiger partial charge < -0.3 is 19.5 Å². The summed E-state index contributed by atoms with van der Waals surface area (Å²) in [6.07, 6.45) is 1.85. The number of nitrogens with one attached hydrogen (secondary N) is 1. The molecule has 0 amide bonds. The molecule has 5 nitrogen and oxygen atoms in total. The summed E-state index contributed by atoms with van der Waals surface area (Å²) in [6, 6.07) is 8.56. The van der Waals surface area contributed by atoms with Crippen molar-refractivity contribution in [1.82, 2.24) is 19.8 Å². The summed E-state index contributed by atoms with van der Waals surface area (Å²) in [6.45, 7) is 11.3. The molecule has 2 aromatic rings. The number of hydrogen-bond donors (Lipinski definition) is 1. The molecule has 0 aromatic carbocycles. The van der Waals surface area contributed by atoms with Gasteiger partial charge in [-0.2, -0.15) is 0 Å². The Morgan fingerprint density at radius 3 is 2.70 bits per heavy atom. The van der Waals surface area contributed by atoms with E-state index in [2.05, 4.69) is 59.6 Å². The van der Waals surface area contributed by atoms with Crippen molar-refractivity contribution < 1.29 is 4.74 Å². The summed E-state index contributed by atoms with van der Waals surface area (Å²) >= 11 is 5.73. The molecule has 0 aliphatic carbocycles. The Morgan fingerprint density at radius 2 is 2.07 bits per heavy atom. The van der Waals surface area contributed by atoms with Gasteiger partial charge in [-0.25, -0.2) is 0 Å². The first-order chi connectivity index (χ1) is 12.9. The number of rotatable bonds is 7. The molecule has 0 saturated carbocycles. The summed E-state index contributed by atoms with van der Waals surface area (Å²) in [5.74, 6) is 0.520. The van der Waals surface area contributed by atoms with Crippen molar-refractivity contribution in [2.75, 3.05) is 20.3 Å². The molecule has 27 heavy (non-hydrogen) atoms. The van der Waals surface area contributed by atoms with Crippen LogP contribution in [0.3, 0.4) is 0 Å². The average Bonchev–Trinajstić information content (AvgIpc) is 3.10. The van der Waals surface area contributed by atoms with Gasteiger partial charge in [-0.1, -0.05) is 19.9 Å². The molecule has 0 spiro atoms. The first-order valence-electron chi connectivity index (χ1n) is 9.57. The van der Waals surface area contributed by atoms with E-state index in [0.29, 0.717) is 12.5 Å². The van der Waals surface area contributed by atoms with Crippen molar-refractivity contribution in [1.29, 1.82) is 0 Å². The predicted octanol–water partition coefficient (Wildman–Crippen LogP) is 3.77. The predicted molar refractivity (Wildman–Crippen MR) is 113 cm³/mol. The normalized spacial score (nSPS) is 19.8. The van der Waals surface area contributed by atoms with Gasteiger partial charge in [0.15, 0.2) is 5.11 Å². The number of thiocarbonyl (C=S) groups is 1. The molecule has 146 valence electrons. The fraction of sp³-hybridized carbons (Fsp3) is 0.524. The van der Waals surface area contributed by atoms with Crippen molar-refractivity contribution in [3.8, 4) is 0 Å². The van der Waals surface area contributed by atoms with Crippen molar-refractivity contribution >= 4 is 17.3 Å². The maximum atomic E-state index is 5.73. The first kappa shape index (κ1) is 19.8. The molecule has 0 unspecified atom stereocenters.